The van der Waals surface area contributed by atoms with E-state index in [0.29, 0.717) is 5.56 Å². The Hall–Kier alpha value is -1.96. The summed E-state index contributed by atoms with van der Waals surface area (Å²) in [4.78, 5) is 3.77. The van der Waals surface area contributed by atoms with Gasteiger partial charge in [-0.05, 0) is 6.07 Å². The minimum atomic E-state index is -3.41. The lowest BCUT2D eigenvalue weighted by Gasteiger charge is -2.02. The van der Waals surface area contributed by atoms with Crippen LogP contribution in [0.2, 0.25) is 0 Å². The fourth-order valence-corrected chi connectivity index (χ4v) is 1.81. The van der Waals surface area contributed by atoms with E-state index in [1.807, 2.05) is 0 Å². The molecule has 0 aliphatic carbocycles. The molecule has 1 N–H and O–H groups in total. The van der Waals surface area contributed by atoms with Gasteiger partial charge in [0.1, 0.15) is 12.1 Å². The molecule has 0 unspecified atom stereocenters. The topological polar surface area (TPSA) is 76.9 Å². The second-order valence-corrected chi connectivity index (χ2v) is 5.48. The van der Waals surface area contributed by atoms with Crippen molar-refractivity contribution in [3.8, 4) is 0 Å². The molecule has 96 valence electrons. The van der Waals surface area contributed by atoms with E-state index in [-0.39, 0.29) is 18.3 Å². The number of hydrogen-bond donors (Lipinski definition) is 1. The highest BCUT2D eigenvalue weighted by molar-refractivity contribution is 7.91. The van der Waals surface area contributed by atoms with Crippen LogP contribution in [0.15, 0.2) is 30.6 Å². The molecule has 0 saturated carbocycles. The first-order valence-electron chi connectivity index (χ1n) is 5.05. The van der Waals surface area contributed by atoms with Crippen molar-refractivity contribution in [3.05, 3.63) is 42.0 Å². The first-order valence-corrected chi connectivity index (χ1v) is 6.94. The van der Waals surface area contributed by atoms with E-state index in [1.54, 1.807) is 18.2 Å². The second kappa shape index (κ2) is 4.73. The summed E-state index contributed by atoms with van der Waals surface area (Å²) in [5.41, 5.74) is 0.452. The van der Waals surface area contributed by atoms with E-state index in [0.717, 1.165) is 6.26 Å². The molecule has 0 aliphatic rings. The van der Waals surface area contributed by atoms with Crippen LogP contribution >= 0.6 is 0 Å². The second-order valence-electron chi connectivity index (χ2n) is 3.73. The van der Waals surface area contributed by atoms with Crippen molar-refractivity contribution in [1.82, 2.24) is 14.8 Å². The Balaban J connectivity index is 2.14. The molecule has 2 aromatic rings. The van der Waals surface area contributed by atoms with Gasteiger partial charge < -0.3 is 0 Å². The molecule has 0 radical (unpaired) electrons. The molecular weight excluding hydrogens is 259 g/mol. The van der Waals surface area contributed by atoms with Crippen LogP contribution in [0.5, 0.6) is 0 Å². The Morgan fingerprint density at radius 3 is 2.78 bits per heavy atom. The summed E-state index contributed by atoms with van der Waals surface area (Å²) < 4.78 is 38.8. The van der Waals surface area contributed by atoms with Crippen molar-refractivity contribution in [3.63, 3.8) is 0 Å². The molecule has 0 fully saturated rings. The summed E-state index contributed by atoms with van der Waals surface area (Å²) in [6.45, 7) is 0.186. The zero-order valence-corrected chi connectivity index (χ0v) is 10.4. The lowest BCUT2D eigenvalue weighted by Crippen LogP contribution is -2.11. The number of sulfonamides is 1. The third-order valence-corrected chi connectivity index (χ3v) is 2.66. The predicted octanol–water partition coefficient (Wildman–Crippen LogP) is 0.837. The van der Waals surface area contributed by atoms with E-state index in [4.69, 9.17) is 0 Å². The van der Waals surface area contributed by atoms with Gasteiger partial charge in [0.15, 0.2) is 0 Å². The first-order chi connectivity index (χ1) is 8.44. The molecule has 6 nitrogen and oxygen atoms in total. The Kier molecular flexibility index (Phi) is 3.28. The van der Waals surface area contributed by atoms with Crippen LogP contribution in [0.3, 0.4) is 0 Å². The minimum Gasteiger partial charge on any atom is -0.250 e. The third kappa shape index (κ3) is 3.27. The van der Waals surface area contributed by atoms with Crippen LogP contribution in [0.25, 0.3) is 0 Å². The number of halogens is 1. The fourth-order valence-electron chi connectivity index (χ4n) is 1.38. The van der Waals surface area contributed by atoms with Crippen LogP contribution in [0.4, 0.5) is 10.3 Å². The number of nitrogens with one attached hydrogen (secondary N) is 1. The molecule has 0 bridgehead atoms. The molecule has 2 rings (SSSR count). The Morgan fingerprint density at radius 2 is 2.11 bits per heavy atom. The average Bonchev–Trinajstić information content (AvgIpc) is 2.66. The third-order valence-electron chi connectivity index (χ3n) is 2.10. The smallest absolute Gasteiger partial charge is 0.250 e. The summed E-state index contributed by atoms with van der Waals surface area (Å²) in [6.07, 6.45) is 2.34. The molecule has 1 heterocycles. The monoisotopic (exact) mass is 270 g/mol. The molecule has 0 amide bonds. The molecule has 8 heteroatoms. The average molecular weight is 270 g/mol. The normalized spacial score (nSPS) is 11.4. The number of benzene rings is 1. The summed E-state index contributed by atoms with van der Waals surface area (Å²) in [5.74, 6) is -0.375. The maximum Gasteiger partial charge on any atom is 0.255 e. The van der Waals surface area contributed by atoms with Gasteiger partial charge in [-0.25, -0.2) is 17.5 Å². The van der Waals surface area contributed by atoms with Gasteiger partial charge in [0.05, 0.1) is 12.8 Å². The summed E-state index contributed by atoms with van der Waals surface area (Å²) >= 11 is 0. The van der Waals surface area contributed by atoms with Crippen LogP contribution in [0.1, 0.15) is 5.56 Å². The lowest BCUT2D eigenvalue weighted by atomic mass is 10.2. The van der Waals surface area contributed by atoms with E-state index >= 15 is 0 Å². The summed E-state index contributed by atoms with van der Waals surface area (Å²) in [6, 6.07) is 6.28. The highest BCUT2D eigenvalue weighted by Gasteiger charge is 2.08. The van der Waals surface area contributed by atoms with Crippen molar-refractivity contribution >= 4 is 16.0 Å². The highest BCUT2D eigenvalue weighted by Crippen LogP contribution is 2.08. The Morgan fingerprint density at radius 1 is 1.39 bits per heavy atom. The molecule has 0 spiro atoms. The molecule has 0 atom stereocenters. The van der Waals surface area contributed by atoms with Crippen LogP contribution in [-0.2, 0) is 16.6 Å². The maximum atomic E-state index is 13.4. The number of rotatable bonds is 4. The van der Waals surface area contributed by atoms with Crippen LogP contribution in [0, 0.1) is 5.82 Å². The Labute approximate surface area is 104 Å². The van der Waals surface area contributed by atoms with Crippen molar-refractivity contribution in [2.75, 3.05) is 11.0 Å². The van der Waals surface area contributed by atoms with Crippen molar-refractivity contribution in [1.29, 1.82) is 0 Å². The van der Waals surface area contributed by atoms with Gasteiger partial charge in [-0.2, -0.15) is 4.98 Å². The zero-order valence-electron chi connectivity index (χ0n) is 9.54. The predicted molar refractivity (Wildman–Crippen MR) is 64.0 cm³/mol. The zero-order chi connectivity index (χ0) is 13.2. The lowest BCUT2D eigenvalue weighted by molar-refractivity contribution is 0.585. The van der Waals surface area contributed by atoms with Crippen molar-refractivity contribution in [2.45, 2.75) is 6.54 Å². The van der Waals surface area contributed by atoms with Gasteiger partial charge in [0, 0.05) is 5.56 Å². The van der Waals surface area contributed by atoms with Gasteiger partial charge in [-0.1, -0.05) is 18.2 Å². The number of anilines is 1. The van der Waals surface area contributed by atoms with Crippen LogP contribution in [-0.4, -0.2) is 29.4 Å². The summed E-state index contributed by atoms with van der Waals surface area (Å²) in [5, 5.41) is 3.88. The summed E-state index contributed by atoms with van der Waals surface area (Å²) in [7, 11) is -3.41. The molecule has 1 aromatic carbocycles. The van der Waals surface area contributed by atoms with E-state index in [9.17, 15) is 12.8 Å². The molecule has 0 saturated heterocycles. The molecule has 0 aliphatic heterocycles. The van der Waals surface area contributed by atoms with Gasteiger partial charge >= 0.3 is 0 Å². The molecule has 18 heavy (non-hydrogen) atoms. The number of hydrogen-bond acceptors (Lipinski definition) is 4. The fraction of sp³-hybridized carbons (Fsp3) is 0.200. The van der Waals surface area contributed by atoms with Gasteiger partial charge in [-0.3, -0.25) is 4.72 Å². The highest BCUT2D eigenvalue weighted by atomic mass is 32.2. The Bertz CT molecular complexity index is 653. The standard InChI is InChI=1S/C10H11FN4O2S/c1-18(16,17)14-10-12-7-15(13-10)6-8-4-2-3-5-9(8)11/h2-5,7H,6H2,1H3,(H,13,14). The first kappa shape index (κ1) is 12.5. The van der Waals surface area contributed by atoms with E-state index in [1.165, 1.54) is 17.1 Å². The quantitative estimate of drug-likeness (QED) is 0.893. The maximum absolute atomic E-state index is 13.4. The van der Waals surface area contributed by atoms with Crippen LogP contribution < -0.4 is 4.72 Å². The number of nitrogens with zero attached hydrogens (tertiary/aromatic N) is 3. The molecular formula is C10H11FN4O2S. The largest absolute Gasteiger partial charge is 0.255 e. The van der Waals surface area contributed by atoms with Gasteiger partial charge in [0.2, 0.25) is 10.0 Å². The number of aromatic nitrogens is 3. The van der Waals surface area contributed by atoms with E-state index < -0.39 is 10.0 Å². The minimum absolute atomic E-state index is 0.0335. The molecule has 1 aromatic heterocycles. The van der Waals surface area contributed by atoms with Gasteiger partial charge in [0.25, 0.3) is 5.95 Å². The van der Waals surface area contributed by atoms with Crippen molar-refractivity contribution < 1.29 is 12.8 Å². The van der Waals surface area contributed by atoms with Crippen molar-refractivity contribution in [2.24, 2.45) is 0 Å². The van der Waals surface area contributed by atoms with E-state index in [2.05, 4.69) is 14.8 Å². The SMILES string of the molecule is CS(=O)(=O)Nc1ncn(Cc2ccccc2F)n1. The van der Waals surface area contributed by atoms with Gasteiger partial charge in [-0.15, -0.1) is 5.10 Å².